The van der Waals surface area contributed by atoms with Crippen molar-refractivity contribution in [1.82, 2.24) is 24.3 Å². The van der Waals surface area contributed by atoms with Crippen LogP contribution in [0.25, 0.3) is 22.4 Å². The molecule has 0 aliphatic rings. The van der Waals surface area contributed by atoms with Crippen LogP contribution in [0.15, 0.2) is 50.8 Å². The average molecular weight is 517 g/mol. The highest BCUT2D eigenvalue weighted by molar-refractivity contribution is 9.10. The van der Waals surface area contributed by atoms with Crippen LogP contribution in [-0.4, -0.2) is 41.1 Å². The van der Waals surface area contributed by atoms with Crippen molar-refractivity contribution >= 4 is 50.3 Å². The number of anilines is 1. The second kappa shape index (κ2) is 9.21. The van der Waals surface area contributed by atoms with Gasteiger partial charge in [-0.2, -0.15) is 0 Å². The van der Waals surface area contributed by atoms with Crippen LogP contribution in [0.5, 0.6) is 5.75 Å². The lowest BCUT2D eigenvalue weighted by atomic mass is 10.2. The zero-order valence-electron chi connectivity index (χ0n) is 17.4. The van der Waals surface area contributed by atoms with Gasteiger partial charge < -0.3 is 10.4 Å². The number of imidazole rings is 1. The minimum Gasteiger partial charge on any atom is -0.507 e. The number of halogens is 1. The van der Waals surface area contributed by atoms with E-state index in [1.54, 1.807) is 33.4 Å². The fourth-order valence-corrected chi connectivity index (χ4v) is 4.42. The number of carbonyl (C=O) groups excluding carboxylic acids is 1. The van der Waals surface area contributed by atoms with E-state index in [1.807, 2.05) is 26.0 Å². The number of aromatic hydroxyl groups is 1. The molecule has 0 bridgehead atoms. The number of aryl methyl sites for hydroxylation is 2. The highest BCUT2D eigenvalue weighted by Gasteiger charge is 2.14. The standard InChI is InChI=1S/C21H21BrN6O3S/c1-3-27-15-7-6-13(10-16(15)28(4-2)21(27)31)23-18(30)11-32-20-24-19(25-26-20)14-9-12(22)5-8-17(14)29/h5-10,29H,3-4,11H2,1-2H3,(H,23,30)(H,24,25,26). The Balaban J connectivity index is 1.45. The van der Waals surface area contributed by atoms with Crippen molar-refractivity contribution in [3.8, 4) is 17.1 Å². The van der Waals surface area contributed by atoms with Crippen LogP contribution in [0, 0.1) is 0 Å². The van der Waals surface area contributed by atoms with E-state index in [0.29, 0.717) is 35.3 Å². The van der Waals surface area contributed by atoms with Gasteiger partial charge in [0, 0.05) is 23.2 Å². The maximum atomic E-state index is 12.5. The van der Waals surface area contributed by atoms with Crippen molar-refractivity contribution in [2.24, 2.45) is 0 Å². The molecule has 0 fully saturated rings. The summed E-state index contributed by atoms with van der Waals surface area (Å²) in [5.41, 5.74) is 2.71. The van der Waals surface area contributed by atoms with Crippen LogP contribution in [-0.2, 0) is 17.9 Å². The number of phenols is 1. The molecule has 1 amide bonds. The van der Waals surface area contributed by atoms with E-state index < -0.39 is 0 Å². The largest absolute Gasteiger partial charge is 0.507 e. The summed E-state index contributed by atoms with van der Waals surface area (Å²) in [6, 6.07) is 10.5. The average Bonchev–Trinajstić information content (AvgIpc) is 3.35. The van der Waals surface area contributed by atoms with Crippen LogP contribution in [0.4, 0.5) is 5.69 Å². The third kappa shape index (κ3) is 4.30. The van der Waals surface area contributed by atoms with Gasteiger partial charge >= 0.3 is 5.69 Å². The summed E-state index contributed by atoms with van der Waals surface area (Å²) < 4.78 is 4.20. The van der Waals surface area contributed by atoms with Gasteiger partial charge in [0.05, 0.1) is 22.3 Å². The van der Waals surface area contributed by atoms with E-state index in [4.69, 9.17) is 0 Å². The fourth-order valence-electron chi connectivity index (χ4n) is 3.47. The molecule has 0 saturated heterocycles. The van der Waals surface area contributed by atoms with E-state index >= 15 is 0 Å². The van der Waals surface area contributed by atoms with E-state index in [9.17, 15) is 14.7 Å². The molecule has 3 N–H and O–H groups in total. The third-order valence-corrected chi connectivity index (χ3v) is 6.29. The molecule has 0 atom stereocenters. The number of thioether (sulfide) groups is 1. The monoisotopic (exact) mass is 516 g/mol. The molecule has 2 aromatic heterocycles. The molecule has 4 rings (SSSR count). The van der Waals surface area contributed by atoms with Crippen molar-refractivity contribution in [1.29, 1.82) is 0 Å². The Labute approximate surface area is 196 Å². The van der Waals surface area contributed by atoms with Gasteiger partial charge in [0.2, 0.25) is 11.1 Å². The maximum Gasteiger partial charge on any atom is 0.329 e. The first-order valence-corrected chi connectivity index (χ1v) is 11.8. The molecular formula is C21H21BrN6O3S. The number of carbonyl (C=O) groups is 1. The minimum atomic E-state index is -0.216. The van der Waals surface area contributed by atoms with Gasteiger partial charge in [0.1, 0.15) is 5.75 Å². The van der Waals surface area contributed by atoms with Crippen LogP contribution in [0.2, 0.25) is 0 Å². The molecule has 0 radical (unpaired) electrons. The number of benzene rings is 2. The van der Waals surface area contributed by atoms with Crippen molar-refractivity contribution in [2.75, 3.05) is 11.1 Å². The summed E-state index contributed by atoms with van der Waals surface area (Å²) in [4.78, 5) is 29.3. The first kappa shape index (κ1) is 22.2. The molecule has 0 aliphatic heterocycles. The fraction of sp³-hybridized carbons (Fsp3) is 0.238. The lowest BCUT2D eigenvalue weighted by molar-refractivity contribution is -0.113. The molecule has 2 heterocycles. The van der Waals surface area contributed by atoms with E-state index in [1.165, 1.54) is 11.8 Å². The second-order valence-electron chi connectivity index (χ2n) is 6.94. The van der Waals surface area contributed by atoms with Crippen LogP contribution in [0.3, 0.4) is 0 Å². The minimum absolute atomic E-state index is 0.0547. The SMILES string of the molecule is CCn1c(=O)n(CC)c2cc(NC(=O)CSc3n[nH]c(-c4cc(Br)ccc4O)n3)ccc21. The zero-order chi connectivity index (χ0) is 22.8. The number of rotatable bonds is 7. The van der Waals surface area contributed by atoms with Gasteiger partial charge in [0.25, 0.3) is 0 Å². The van der Waals surface area contributed by atoms with Crippen molar-refractivity contribution in [3.05, 3.63) is 51.4 Å². The molecule has 9 nitrogen and oxygen atoms in total. The predicted octanol–water partition coefficient (Wildman–Crippen LogP) is 3.83. The highest BCUT2D eigenvalue weighted by Crippen LogP contribution is 2.30. The zero-order valence-corrected chi connectivity index (χ0v) is 19.8. The Morgan fingerprint density at radius 2 is 1.91 bits per heavy atom. The van der Waals surface area contributed by atoms with Crippen molar-refractivity contribution in [3.63, 3.8) is 0 Å². The van der Waals surface area contributed by atoms with E-state index in [0.717, 1.165) is 15.5 Å². The number of hydrogen-bond acceptors (Lipinski definition) is 6. The maximum absolute atomic E-state index is 12.5. The number of amides is 1. The number of aromatic amines is 1. The highest BCUT2D eigenvalue weighted by atomic mass is 79.9. The van der Waals surface area contributed by atoms with Gasteiger partial charge in [-0.25, -0.2) is 9.78 Å². The lowest BCUT2D eigenvalue weighted by Crippen LogP contribution is -2.23. The van der Waals surface area contributed by atoms with Crippen LogP contribution >= 0.6 is 27.7 Å². The number of phenolic OH excluding ortho intramolecular Hbond substituents is 1. The van der Waals surface area contributed by atoms with Gasteiger partial charge in [-0.05, 0) is 50.2 Å². The Hall–Kier alpha value is -3.05. The predicted molar refractivity (Wildman–Crippen MR) is 128 cm³/mol. The number of nitrogens with zero attached hydrogens (tertiary/aromatic N) is 4. The Morgan fingerprint density at radius 1 is 1.16 bits per heavy atom. The Kier molecular flexibility index (Phi) is 6.38. The molecular weight excluding hydrogens is 496 g/mol. The first-order chi connectivity index (χ1) is 15.4. The molecule has 0 spiro atoms. The van der Waals surface area contributed by atoms with Crippen molar-refractivity contribution in [2.45, 2.75) is 32.1 Å². The van der Waals surface area contributed by atoms with Gasteiger partial charge in [-0.1, -0.05) is 27.7 Å². The lowest BCUT2D eigenvalue weighted by Gasteiger charge is -2.06. The van der Waals surface area contributed by atoms with Gasteiger partial charge in [-0.15, -0.1) is 5.10 Å². The number of fused-ring (bicyclic) bond motifs is 1. The number of aromatic nitrogens is 5. The first-order valence-electron chi connectivity index (χ1n) is 9.98. The molecule has 0 aliphatic carbocycles. The summed E-state index contributed by atoms with van der Waals surface area (Å²) in [5, 5.41) is 20.2. The molecule has 0 unspecified atom stereocenters. The van der Waals surface area contributed by atoms with Crippen LogP contribution in [0.1, 0.15) is 13.8 Å². The van der Waals surface area contributed by atoms with Gasteiger partial charge in [-0.3, -0.25) is 19.0 Å². The summed E-state index contributed by atoms with van der Waals surface area (Å²) in [6.07, 6.45) is 0. The number of hydrogen-bond donors (Lipinski definition) is 3. The molecule has 4 aromatic rings. The summed E-state index contributed by atoms with van der Waals surface area (Å²) >= 11 is 4.54. The molecule has 11 heteroatoms. The number of nitrogens with one attached hydrogen (secondary N) is 2. The molecule has 0 saturated carbocycles. The Bertz CT molecular complexity index is 1360. The van der Waals surface area contributed by atoms with Gasteiger partial charge in [0.15, 0.2) is 5.82 Å². The Morgan fingerprint density at radius 3 is 2.66 bits per heavy atom. The van der Waals surface area contributed by atoms with E-state index in [-0.39, 0.29) is 23.1 Å². The molecule has 32 heavy (non-hydrogen) atoms. The molecule has 2 aromatic carbocycles. The van der Waals surface area contributed by atoms with Crippen LogP contribution < -0.4 is 11.0 Å². The summed E-state index contributed by atoms with van der Waals surface area (Å²) in [6.45, 7) is 4.99. The molecule has 166 valence electrons. The topological polar surface area (TPSA) is 118 Å². The summed E-state index contributed by atoms with van der Waals surface area (Å²) in [7, 11) is 0. The summed E-state index contributed by atoms with van der Waals surface area (Å²) in [5.74, 6) is 0.383. The number of H-pyrrole nitrogens is 1. The second-order valence-corrected chi connectivity index (χ2v) is 8.80. The van der Waals surface area contributed by atoms with Crippen molar-refractivity contribution < 1.29 is 9.90 Å². The van der Waals surface area contributed by atoms with E-state index in [2.05, 4.69) is 36.4 Å². The third-order valence-electron chi connectivity index (χ3n) is 4.95. The smallest absolute Gasteiger partial charge is 0.329 e. The normalized spacial score (nSPS) is 11.2. The quantitative estimate of drug-likeness (QED) is 0.321.